The SMILES string of the molecule is CC(C)(C)OC(=O)NCCC(=O)OCC(=O)c1cccc(Br)c1. The Morgan fingerprint density at radius 2 is 1.91 bits per heavy atom. The molecule has 0 aliphatic heterocycles. The van der Waals surface area contributed by atoms with E-state index in [2.05, 4.69) is 21.2 Å². The van der Waals surface area contributed by atoms with Crippen molar-refractivity contribution in [3.8, 4) is 0 Å². The van der Waals surface area contributed by atoms with Gasteiger partial charge in [0.15, 0.2) is 12.4 Å². The van der Waals surface area contributed by atoms with Gasteiger partial charge in [-0.25, -0.2) is 4.79 Å². The fraction of sp³-hybridized carbons (Fsp3) is 0.438. The lowest BCUT2D eigenvalue weighted by atomic mass is 10.1. The zero-order valence-electron chi connectivity index (χ0n) is 13.3. The van der Waals surface area contributed by atoms with Crippen molar-refractivity contribution in [1.29, 1.82) is 0 Å². The van der Waals surface area contributed by atoms with Crippen molar-refractivity contribution in [3.05, 3.63) is 34.3 Å². The van der Waals surface area contributed by atoms with Crippen LogP contribution < -0.4 is 5.32 Å². The summed E-state index contributed by atoms with van der Waals surface area (Å²) in [6, 6.07) is 6.82. The Labute approximate surface area is 143 Å². The predicted molar refractivity (Wildman–Crippen MR) is 88.3 cm³/mol. The van der Waals surface area contributed by atoms with E-state index >= 15 is 0 Å². The van der Waals surface area contributed by atoms with Gasteiger partial charge >= 0.3 is 12.1 Å². The normalized spacial score (nSPS) is 10.8. The van der Waals surface area contributed by atoms with Crippen LogP contribution in [0, 0.1) is 0 Å². The van der Waals surface area contributed by atoms with E-state index in [4.69, 9.17) is 9.47 Å². The molecule has 1 amide bonds. The Hall–Kier alpha value is -1.89. The molecular formula is C16H20BrNO5. The largest absolute Gasteiger partial charge is 0.457 e. The van der Waals surface area contributed by atoms with Gasteiger partial charge in [-0.15, -0.1) is 0 Å². The van der Waals surface area contributed by atoms with Gasteiger partial charge in [0.05, 0.1) is 6.42 Å². The first kappa shape index (κ1) is 19.2. The number of benzene rings is 1. The fourth-order valence-corrected chi connectivity index (χ4v) is 1.94. The molecule has 0 radical (unpaired) electrons. The summed E-state index contributed by atoms with van der Waals surface area (Å²) in [7, 11) is 0. The number of halogens is 1. The number of hydrogen-bond acceptors (Lipinski definition) is 5. The second kappa shape index (κ2) is 8.67. The lowest BCUT2D eigenvalue weighted by Crippen LogP contribution is -2.33. The molecule has 0 bridgehead atoms. The highest BCUT2D eigenvalue weighted by Gasteiger charge is 2.16. The zero-order valence-corrected chi connectivity index (χ0v) is 14.9. The minimum absolute atomic E-state index is 0.0367. The molecule has 0 unspecified atom stereocenters. The fourth-order valence-electron chi connectivity index (χ4n) is 1.54. The van der Waals surface area contributed by atoms with E-state index in [1.54, 1.807) is 45.0 Å². The van der Waals surface area contributed by atoms with Crippen LogP contribution in [0.1, 0.15) is 37.6 Å². The van der Waals surface area contributed by atoms with Gasteiger partial charge in [0.25, 0.3) is 0 Å². The lowest BCUT2D eigenvalue weighted by Gasteiger charge is -2.19. The van der Waals surface area contributed by atoms with Crippen LogP contribution in [0.3, 0.4) is 0 Å². The summed E-state index contributed by atoms with van der Waals surface area (Å²) in [6.07, 6.45) is -0.638. The molecule has 0 spiro atoms. The van der Waals surface area contributed by atoms with E-state index in [-0.39, 0.29) is 25.4 Å². The highest BCUT2D eigenvalue weighted by atomic mass is 79.9. The summed E-state index contributed by atoms with van der Waals surface area (Å²) >= 11 is 3.27. The number of rotatable bonds is 6. The third-order valence-electron chi connectivity index (χ3n) is 2.51. The molecule has 23 heavy (non-hydrogen) atoms. The Kier molecular flexibility index (Phi) is 7.22. The summed E-state index contributed by atoms with van der Waals surface area (Å²) in [5.41, 5.74) is -0.139. The van der Waals surface area contributed by atoms with Crippen molar-refractivity contribution in [2.75, 3.05) is 13.2 Å². The molecule has 0 saturated carbocycles. The van der Waals surface area contributed by atoms with Gasteiger partial charge in [-0.3, -0.25) is 9.59 Å². The average Bonchev–Trinajstić information content (AvgIpc) is 2.42. The molecule has 0 heterocycles. The molecule has 0 aliphatic rings. The number of esters is 1. The maximum absolute atomic E-state index is 11.9. The summed E-state index contributed by atoms with van der Waals surface area (Å²) in [5.74, 6) is -0.857. The molecule has 0 fully saturated rings. The molecule has 1 N–H and O–H groups in total. The Morgan fingerprint density at radius 1 is 1.22 bits per heavy atom. The molecule has 0 saturated heterocycles. The van der Waals surface area contributed by atoms with E-state index in [9.17, 15) is 14.4 Å². The molecular weight excluding hydrogens is 366 g/mol. The third-order valence-corrected chi connectivity index (χ3v) is 3.00. The van der Waals surface area contributed by atoms with Crippen LogP contribution in [-0.4, -0.2) is 36.6 Å². The van der Waals surface area contributed by atoms with Gasteiger partial charge in [0, 0.05) is 16.6 Å². The molecule has 1 aromatic carbocycles. The second-order valence-electron chi connectivity index (χ2n) is 5.77. The predicted octanol–water partition coefficient (Wildman–Crippen LogP) is 3.09. The molecule has 6 nitrogen and oxygen atoms in total. The number of amides is 1. The van der Waals surface area contributed by atoms with Crippen molar-refractivity contribution in [3.63, 3.8) is 0 Å². The van der Waals surface area contributed by atoms with Crippen LogP contribution >= 0.6 is 15.9 Å². The van der Waals surface area contributed by atoms with Crippen LogP contribution in [0.2, 0.25) is 0 Å². The van der Waals surface area contributed by atoms with Crippen LogP contribution in [0.25, 0.3) is 0 Å². The molecule has 0 atom stereocenters. The van der Waals surface area contributed by atoms with Crippen LogP contribution in [0.15, 0.2) is 28.7 Å². The molecule has 1 rings (SSSR count). The third kappa shape index (κ3) is 8.35. The van der Waals surface area contributed by atoms with E-state index in [1.165, 1.54) is 0 Å². The van der Waals surface area contributed by atoms with Crippen LogP contribution in [-0.2, 0) is 14.3 Å². The first-order chi connectivity index (χ1) is 10.7. The number of ether oxygens (including phenoxy) is 2. The summed E-state index contributed by atoms with van der Waals surface area (Å²) in [6.45, 7) is 4.98. The van der Waals surface area contributed by atoms with Crippen molar-refractivity contribution >= 4 is 33.8 Å². The summed E-state index contributed by atoms with van der Waals surface area (Å²) in [5, 5.41) is 2.44. The molecule has 126 valence electrons. The van der Waals surface area contributed by atoms with Gasteiger partial charge in [0.1, 0.15) is 5.60 Å². The van der Waals surface area contributed by atoms with Crippen molar-refractivity contribution in [1.82, 2.24) is 5.32 Å². The Morgan fingerprint density at radius 3 is 2.52 bits per heavy atom. The Balaban J connectivity index is 2.27. The Bertz CT molecular complexity index is 580. The van der Waals surface area contributed by atoms with Gasteiger partial charge in [-0.1, -0.05) is 28.1 Å². The van der Waals surface area contributed by atoms with E-state index in [1.807, 2.05) is 0 Å². The minimum Gasteiger partial charge on any atom is -0.457 e. The number of nitrogens with one attached hydrogen (secondary N) is 1. The number of ketones is 1. The highest BCUT2D eigenvalue weighted by Crippen LogP contribution is 2.12. The molecule has 0 aromatic heterocycles. The summed E-state index contributed by atoms with van der Waals surface area (Å²) in [4.78, 5) is 34.8. The van der Waals surface area contributed by atoms with Crippen molar-refractivity contribution in [2.24, 2.45) is 0 Å². The number of Topliss-reactive ketones (excluding diaryl/α,β-unsaturated/α-hetero) is 1. The monoisotopic (exact) mass is 385 g/mol. The smallest absolute Gasteiger partial charge is 0.407 e. The van der Waals surface area contributed by atoms with Gasteiger partial charge < -0.3 is 14.8 Å². The van der Waals surface area contributed by atoms with E-state index in [0.717, 1.165) is 4.47 Å². The maximum atomic E-state index is 11.9. The van der Waals surface area contributed by atoms with Crippen molar-refractivity contribution in [2.45, 2.75) is 32.8 Å². The highest BCUT2D eigenvalue weighted by molar-refractivity contribution is 9.10. The number of hydrogen-bond donors (Lipinski definition) is 1. The van der Waals surface area contributed by atoms with E-state index in [0.29, 0.717) is 5.56 Å². The first-order valence-corrected chi connectivity index (χ1v) is 7.88. The lowest BCUT2D eigenvalue weighted by molar-refractivity contribution is -0.142. The van der Waals surface area contributed by atoms with Crippen LogP contribution in [0.5, 0.6) is 0 Å². The minimum atomic E-state index is -0.601. The molecule has 1 aromatic rings. The molecule has 0 aliphatic carbocycles. The second-order valence-corrected chi connectivity index (χ2v) is 6.69. The topological polar surface area (TPSA) is 81.7 Å². The standard InChI is InChI=1S/C16H20BrNO5/c1-16(2,3)23-15(21)18-8-7-14(20)22-10-13(19)11-5-4-6-12(17)9-11/h4-6,9H,7-8,10H2,1-3H3,(H,18,21). The molecule has 7 heteroatoms. The van der Waals surface area contributed by atoms with E-state index < -0.39 is 17.7 Å². The van der Waals surface area contributed by atoms with Gasteiger partial charge in [-0.05, 0) is 32.9 Å². The van der Waals surface area contributed by atoms with Gasteiger partial charge in [0.2, 0.25) is 0 Å². The quantitative estimate of drug-likeness (QED) is 0.600. The van der Waals surface area contributed by atoms with Gasteiger partial charge in [-0.2, -0.15) is 0 Å². The maximum Gasteiger partial charge on any atom is 0.407 e. The summed E-state index contributed by atoms with van der Waals surface area (Å²) < 4.78 is 10.7. The van der Waals surface area contributed by atoms with Crippen molar-refractivity contribution < 1.29 is 23.9 Å². The number of alkyl carbamates (subject to hydrolysis) is 1. The average molecular weight is 386 g/mol. The van der Waals surface area contributed by atoms with Crippen LogP contribution in [0.4, 0.5) is 4.79 Å². The first-order valence-electron chi connectivity index (χ1n) is 7.08. The zero-order chi connectivity index (χ0) is 17.5. The number of carbonyl (C=O) groups is 3. The number of carbonyl (C=O) groups excluding carboxylic acids is 3.